The van der Waals surface area contributed by atoms with Gasteiger partial charge in [0.1, 0.15) is 0 Å². The summed E-state index contributed by atoms with van der Waals surface area (Å²) in [6.45, 7) is 0.247. The number of pyridine rings is 1. The van der Waals surface area contributed by atoms with Crippen molar-refractivity contribution in [2.45, 2.75) is 12.7 Å². The van der Waals surface area contributed by atoms with Gasteiger partial charge in [-0.15, -0.1) is 0 Å². The van der Waals surface area contributed by atoms with Gasteiger partial charge < -0.3 is 5.73 Å². The van der Waals surface area contributed by atoms with Crippen LogP contribution >= 0.6 is 0 Å². The molecule has 94 valence electrons. The highest BCUT2D eigenvalue weighted by Gasteiger charge is 2.30. The third-order valence-corrected chi connectivity index (χ3v) is 2.34. The van der Waals surface area contributed by atoms with Crippen LogP contribution < -0.4 is 10.3 Å². The summed E-state index contributed by atoms with van der Waals surface area (Å²) in [5, 5.41) is 0. The standard InChI is InChI=1S/C11H10F3N4/c12-11(13,14)8-1-3-18(4-2-8)10-5-9(6-15)16-7-17-10/h1-5,7H,6,15H2/q+1. The predicted octanol–water partition coefficient (Wildman–Crippen LogP) is 1.23. The first-order chi connectivity index (χ1) is 8.50. The van der Waals surface area contributed by atoms with E-state index in [4.69, 9.17) is 5.73 Å². The Morgan fingerprint density at radius 1 is 1.17 bits per heavy atom. The van der Waals surface area contributed by atoms with Crippen LogP contribution in [0.4, 0.5) is 13.2 Å². The molecule has 0 saturated heterocycles. The van der Waals surface area contributed by atoms with Crippen molar-refractivity contribution in [2.24, 2.45) is 5.73 Å². The minimum atomic E-state index is -4.34. The normalized spacial score (nSPS) is 11.6. The van der Waals surface area contributed by atoms with Crippen LogP contribution in [0.2, 0.25) is 0 Å². The molecule has 0 bridgehead atoms. The van der Waals surface area contributed by atoms with Crippen LogP contribution in [0, 0.1) is 0 Å². The van der Waals surface area contributed by atoms with Gasteiger partial charge >= 0.3 is 12.0 Å². The van der Waals surface area contributed by atoms with Crippen LogP contribution in [0.5, 0.6) is 0 Å². The number of rotatable bonds is 2. The first-order valence-corrected chi connectivity index (χ1v) is 5.10. The van der Waals surface area contributed by atoms with E-state index in [-0.39, 0.29) is 6.54 Å². The van der Waals surface area contributed by atoms with Gasteiger partial charge in [0, 0.05) is 6.54 Å². The third kappa shape index (κ3) is 2.62. The van der Waals surface area contributed by atoms with Crippen molar-refractivity contribution >= 4 is 0 Å². The largest absolute Gasteiger partial charge is 0.416 e. The maximum atomic E-state index is 12.4. The Labute approximate surface area is 101 Å². The molecule has 4 nitrogen and oxygen atoms in total. The molecule has 2 aromatic rings. The summed E-state index contributed by atoms with van der Waals surface area (Å²) in [5.74, 6) is 0.471. The fraction of sp³-hybridized carbons (Fsp3) is 0.182. The average Bonchev–Trinajstić information content (AvgIpc) is 2.38. The Balaban J connectivity index is 2.34. The monoisotopic (exact) mass is 255 g/mol. The fourth-order valence-corrected chi connectivity index (χ4v) is 1.41. The molecule has 0 aromatic carbocycles. The molecule has 0 saturated carbocycles. The van der Waals surface area contributed by atoms with Gasteiger partial charge in [0.2, 0.25) is 6.33 Å². The first-order valence-electron chi connectivity index (χ1n) is 5.10. The second-order valence-electron chi connectivity index (χ2n) is 3.56. The fourth-order valence-electron chi connectivity index (χ4n) is 1.41. The van der Waals surface area contributed by atoms with E-state index in [0.29, 0.717) is 11.5 Å². The summed E-state index contributed by atoms with van der Waals surface area (Å²) in [6, 6.07) is 3.60. The maximum Gasteiger partial charge on any atom is 0.416 e. The highest BCUT2D eigenvalue weighted by atomic mass is 19.4. The molecule has 0 unspecified atom stereocenters. The Morgan fingerprint density at radius 3 is 2.39 bits per heavy atom. The summed E-state index contributed by atoms with van der Waals surface area (Å²) >= 11 is 0. The van der Waals surface area contributed by atoms with Crippen LogP contribution in [-0.2, 0) is 12.7 Å². The Morgan fingerprint density at radius 2 is 1.83 bits per heavy atom. The minimum Gasteiger partial charge on any atom is -0.325 e. The van der Waals surface area contributed by atoms with E-state index in [0.717, 1.165) is 12.1 Å². The molecule has 2 aromatic heterocycles. The van der Waals surface area contributed by atoms with Crippen LogP contribution in [0.15, 0.2) is 36.9 Å². The summed E-state index contributed by atoms with van der Waals surface area (Å²) in [4.78, 5) is 7.88. The zero-order valence-electron chi connectivity index (χ0n) is 9.22. The highest BCUT2D eigenvalue weighted by Crippen LogP contribution is 2.27. The third-order valence-electron chi connectivity index (χ3n) is 2.34. The first kappa shape index (κ1) is 12.4. The molecular weight excluding hydrogens is 245 g/mol. The van der Waals surface area contributed by atoms with Crippen LogP contribution in [0.25, 0.3) is 5.82 Å². The molecule has 7 heteroatoms. The number of nitrogens with zero attached hydrogens (tertiary/aromatic N) is 3. The van der Waals surface area contributed by atoms with E-state index in [1.54, 1.807) is 6.07 Å². The van der Waals surface area contributed by atoms with Crippen molar-refractivity contribution in [3.05, 3.63) is 48.2 Å². The Bertz CT molecular complexity index is 537. The summed E-state index contributed by atoms with van der Waals surface area (Å²) in [7, 11) is 0. The number of hydrogen-bond donors (Lipinski definition) is 1. The number of nitrogens with two attached hydrogens (primary N) is 1. The molecule has 0 atom stereocenters. The lowest BCUT2D eigenvalue weighted by atomic mass is 10.2. The van der Waals surface area contributed by atoms with E-state index in [1.165, 1.54) is 23.3 Å². The summed E-state index contributed by atoms with van der Waals surface area (Å²) < 4.78 is 38.6. The summed E-state index contributed by atoms with van der Waals surface area (Å²) in [5.41, 5.74) is 5.35. The van der Waals surface area contributed by atoms with E-state index >= 15 is 0 Å². The maximum absolute atomic E-state index is 12.4. The number of halogens is 3. The molecule has 2 heterocycles. The van der Waals surface area contributed by atoms with Crippen LogP contribution in [0.3, 0.4) is 0 Å². The molecular formula is C11H10F3N4+. The molecule has 2 rings (SSSR count). The van der Waals surface area contributed by atoms with E-state index in [1.807, 2.05) is 0 Å². The van der Waals surface area contributed by atoms with Gasteiger partial charge in [-0.1, -0.05) is 0 Å². The van der Waals surface area contributed by atoms with E-state index in [2.05, 4.69) is 9.97 Å². The van der Waals surface area contributed by atoms with Gasteiger partial charge in [-0.2, -0.15) is 13.2 Å². The second kappa shape index (κ2) is 4.69. The zero-order chi connectivity index (χ0) is 13.2. The van der Waals surface area contributed by atoms with Gasteiger partial charge in [-0.05, 0) is 17.1 Å². The molecule has 0 amide bonds. The van der Waals surface area contributed by atoms with Crippen molar-refractivity contribution in [1.82, 2.24) is 9.97 Å². The molecule has 0 radical (unpaired) electrons. The van der Waals surface area contributed by atoms with Crippen molar-refractivity contribution < 1.29 is 17.7 Å². The highest BCUT2D eigenvalue weighted by molar-refractivity contribution is 5.16. The van der Waals surface area contributed by atoms with Gasteiger partial charge in [-0.25, -0.2) is 9.55 Å². The lowest BCUT2D eigenvalue weighted by Crippen LogP contribution is -2.31. The lowest BCUT2D eigenvalue weighted by Gasteiger charge is -2.05. The minimum absolute atomic E-state index is 0.247. The lowest BCUT2D eigenvalue weighted by molar-refractivity contribution is -0.600. The molecule has 0 spiro atoms. The Hall–Kier alpha value is -2.02. The van der Waals surface area contributed by atoms with Crippen molar-refractivity contribution in [1.29, 1.82) is 0 Å². The van der Waals surface area contributed by atoms with E-state index < -0.39 is 11.7 Å². The van der Waals surface area contributed by atoms with Crippen LogP contribution in [-0.4, -0.2) is 9.97 Å². The SMILES string of the molecule is NCc1cc(-[n+]2ccc(C(F)(F)F)cc2)ncn1. The molecule has 0 aliphatic heterocycles. The van der Waals surface area contributed by atoms with Crippen molar-refractivity contribution in [2.75, 3.05) is 0 Å². The van der Waals surface area contributed by atoms with Gasteiger partial charge in [0.05, 0.1) is 29.7 Å². The predicted molar refractivity (Wildman–Crippen MR) is 56.5 cm³/mol. The second-order valence-corrected chi connectivity index (χ2v) is 3.56. The van der Waals surface area contributed by atoms with Crippen molar-refractivity contribution in [3.8, 4) is 5.82 Å². The number of aromatic nitrogens is 3. The molecule has 0 fully saturated rings. The van der Waals surface area contributed by atoms with Crippen molar-refractivity contribution in [3.63, 3.8) is 0 Å². The Kier molecular flexibility index (Phi) is 3.24. The number of hydrogen-bond acceptors (Lipinski definition) is 3. The van der Waals surface area contributed by atoms with Gasteiger partial charge in [0.25, 0.3) is 0 Å². The van der Waals surface area contributed by atoms with E-state index in [9.17, 15) is 13.2 Å². The quantitative estimate of drug-likeness (QED) is 0.821. The molecule has 2 N–H and O–H groups in total. The van der Waals surface area contributed by atoms with Gasteiger partial charge in [0.15, 0.2) is 0 Å². The number of alkyl halides is 3. The zero-order valence-corrected chi connectivity index (χ0v) is 9.22. The molecule has 0 aliphatic carbocycles. The smallest absolute Gasteiger partial charge is 0.325 e. The van der Waals surface area contributed by atoms with Crippen LogP contribution in [0.1, 0.15) is 11.3 Å². The summed E-state index contributed by atoms with van der Waals surface area (Å²) in [6.07, 6.45) is -0.424. The topological polar surface area (TPSA) is 55.7 Å². The molecule has 18 heavy (non-hydrogen) atoms. The van der Waals surface area contributed by atoms with Gasteiger partial charge in [-0.3, -0.25) is 0 Å². The average molecular weight is 255 g/mol. The molecule has 0 aliphatic rings.